The summed E-state index contributed by atoms with van der Waals surface area (Å²) in [5.41, 5.74) is 2.74. The molecule has 0 aliphatic rings. The monoisotopic (exact) mass is 388 g/mol. The quantitative estimate of drug-likeness (QED) is 0.654. The predicted octanol–water partition coefficient (Wildman–Crippen LogP) is 3.21. The highest BCUT2D eigenvalue weighted by Crippen LogP contribution is 2.24. The van der Waals surface area contributed by atoms with Gasteiger partial charge in [0.05, 0.1) is 5.69 Å². The van der Waals surface area contributed by atoms with E-state index in [1.165, 1.54) is 0 Å². The lowest BCUT2D eigenvalue weighted by Crippen LogP contribution is -2.13. The molecule has 3 rings (SSSR count). The SMILES string of the molecule is Cc1ccc(C(=O)Nc2nnc(S(=O)(=O)Nc3ccccc3C)s2)cc1. The van der Waals surface area contributed by atoms with Crippen LogP contribution in [-0.4, -0.2) is 24.5 Å². The van der Waals surface area contributed by atoms with Gasteiger partial charge in [-0.3, -0.25) is 14.8 Å². The first-order chi connectivity index (χ1) is 12.3. The van der Waals surface area contributed by atoms with E-state index in [-0.39, 0.29) is 15.4 Å². The van der Waals surface area contributed by atoms with Crippen molar-refractivity contribution in [1.29, 1.82) is 0 Å². The summed E-state index contributed by atoms with van der Waals surface area (Å²) in [6.45, 7) is 3.72. The first kappa shape index (κ1) is 18.0. The molecular formula is C17H16N4O3S2. The van der Waals surface area contributed by atoms with Crippen molar-refractivity contribution in [3.63, 3.8) is 0 Å². The number of carbonyl (C=O) groups excluding carboxylic acids is 1. The van der Waals surface area contributed by atoms with Gasteiger partial charge in [-0.1, -0.05) is 47.2 Å². The van der Waals surface area contributed by atoms with Crippen LogP contribution < -0.4 is 10.0 Å². The maximum absolute atomic E-state index is 12.4. The number of sulfonamides is 1. The maximum atomic E-state index is 12.4. The Kier molecular flexibility index (Phi) is 5.01. The van der Waals surface area contributed by atoms with Gasteiger partial charge >= 0.3 is 0 Å². The summed E-state index contributed by atoms with van der Waals surface area (Å²) < 4.78 is 27.1. The minimum atomic E-state index is -3.88. The minimum absolute atomic E-state index is 0.112. The first-order valence-corrected chi connectivity index (χ1v) is 9.95. The number of benzene rings is 2. The molecule has 2 aromatic carbocycles. The molecule has 0 atom stereocenters. The van der Waals surface area contributed by atoms with Crippen molar-refractivity contribution >= 4 is 38.1 Å². The summed E-state index contributed by atoms with van der Waals surface area (Å²) in [4.78, 5) is 12.2. The molecule has 3 aromatic rings. The van der Waals surface area contributed by atoms with Crippen molar-refractivity contribution in [3.05, 3.63) is 65.2 Å². The van der Waals surface area contributed by atoms with Crippen molar-refractivity contribution in [2.75, 3.05) is 10.0 Å². The van der Waals surface area contributed by atoms with Crippen LogP contribution in [0.5, 0.6) is 0 Å². The molecule has 1 amide bonds. The van der Waals surface area contributed by atoms with Crippen LogP contribution in [0.2, 0.25) is 0 Å². The fraction of sp³-hybridized carbons (Fsp3) is 0.118. The predicted molar refractivity (Wildman–Crippen MR) is 101 cm³/mol. The molecule has 26 heavy (non-hydrogen) atoms. The largest absolute Gasteiger partial charge is 0.296 e. The Bertz CT molecular complexity index is 1040. The van der Waals surface area contributed by atoms with Gasteiger partial charge < -0.3 is 0 Å². The van der Waals surface area contributed by atoms with E-state index in [1.807, 2.05) is 25.1 Å². The normalized spacial score (nSPS) is 11.2. The number of nitrogens with zero attached hydrogens (tertiary/aromatic N) is 2. The van der Waals surface area contributed by atoms with E-state index in [2.05, 4.69) is 20.2 Å². The minimum Gasteiger partial charge on any atom is -0.296 e. The third-order valence-corrected chi connectivity index (χ3v) is 6.13. The van der Waals surface area contributed by atoms with Crippen molar-refractivity contribution in [2.45, 2.75) is 18.2 Å². The molecule has 1 aromatic heterocycles. The average molecular weight is 388 g/mol. The third-order valence-electron chi connectivity index (χ3n) is 3.56. The van der Waals surface area contributed by atoms with Crippen LogP contribution in [-0.2, 0) is 10.0 Å². The van der Waals surface area contributed by atoms with E-state index in [4.69, 9.17) is 0 Å². The molecule has 134 valence electrons. The van der Waals surface area contributed by atoms with Crippen LogP contribution in [0.25, 0.3) is 0 Å². The number of rotatable bonds is 5. The first-order valence-electron chi connectivity index (χ1n) is 7.65. The van der Waals surface area contributed by atoms with Crippen molar-refractivity contribution in [2.24, 2.45) is 0 Å². The van der Waals surface area contributed by atoms with Crippen molar-refractivity contribution in [1.82, 2.24) is 10.2 Å². The van der Waals surface area contributed by atoms with E-state index in [0.717, 1.165) is 22.5 Å². The number of para-hydroxylation sites is 1. The fourth-order valence-electron chi connectivity index (χ4n) is 2.12. The van der Waals surface area contributed by atoms with Gasteiger partial charge in [0.1, 0.15) is 0 Å². The number of aryl methyl sites for hydroxylation is 2. The van der Waals surface area contributed by atoms with Gasteiger partial charge in [-0.2, -0.15) is 8.42 Å². The summed E-state index contributed by atoms with van der Waals surface area (Å²) in [6.07, 6.45) is 0. The summed E-state index contributed by atoms with van der Waals surface area (Å²) in [5, 5.41) is 10.1. The third kappa shape index (κ3) is 4.06. The van der Waals surface area contributed by atoms with Gasteiger partial charge in [0.15, 0.2) is 0 Å². The highest BCUT2D eigenvalue weighted by atomic mass is 32.2. The Morgan fingerprint density at radius 2 is 1.69 bits per heavy atom. The number of hydrogen-bond acceptors (Lipinski definition) is 6. The Hall–Kier alpha value is -2.78. The number of amides is 1. The maximum Gasteiger partial charge on any atom is 0.291 e. The van der Waals surface area contributed by atoms with Crippen molar-refractivity contribution in [3.8, 4) is 0 Å². The van der Waals surface area contributed by atoms with Crippen LogP contribution in [0.4, 0.5) is 10.8 Å². The molecule has 0 unspecified atom stereocenters. The average Bonchev–Trinajstić information content (AvgIpc) is 3.07. The van der Waals surface area contributed by atoms with Crippen molar-refractivity contribution < 1.29 is 13.2 Å². The molecule has 0 saturated carbocycles. The molecule has 1 heterocycles. The fourth-order valence-corrected chi connectivity index (χ4v) is 4.15. The standard InChI is InChI=1S/C17H16N4O3S2/c1-11-7-9-13(10-8-11)15(22)18-16-19-20-17(25-16)26(23,24)21-14-6-4-3-5-12(14)2/h3-10,21H,1-2H3,(H,18,19,22). The van der Waals surface area contributed by atoms with E-state index >= 15 is 0 Å². The molecule has 2 N–H and O–H groups in total. The van der Waals surface area contributed by atoms with E-state index in [9.17, 15) is 13.2 Å². The molecule has 0 saturated heterocycles. The molecule has 0 aliphatic heterocycles. The Morgan fingerprint density at radius 1 is 1.00 bits per heavy atom. The molecule has 0 radical (unpaired) electrons. The summed E-state index contributed by atoms with van der Waals surface area (Å²) in [7, 11) is -3.88. The Morgan fingerprint density at radius 3 is 2.38 bits per heavy atom. The van der Waals surface area contributed by atoms with Crippen LogP contribution in [0, 0.1) is 13.8 Å². The van der Waals surface area contributed by atoms with Crippen LogP contribution in [0.1, 0.15) is 21.5 Å². The number of nitrogens with one attached hydrogen (secondary N) is 2. The number of hydrogen-bond donors (Lipinski definition) is 2. The molecule has 0 spiro atoms. The Balaban J connectivity index is 1.75. The van der Waals surface area contributed by atoms with Gasteiger partial charge in [0.25, 0.3) is 20.3 Å². The molecule has 0 bridgehead atoms. The lowest BCUT2D eigenvalue weighted by molar-refractivity contribution is 0.102. The number of aromatic nitrogens is 2. The summed E-state index contributed by atoms with van der Waals surface area (Å²) in [5.74, 6) is -0.378. The smallest absolute Gasteiger partial charge is 0.291 e. The zero-order valence-electron chi connectivity index (χ0n) is 14.1. The highest BCUT2D eigenvalue weighted by molar-refractivity contribution is 7.94. The van der Waals surface area contributed by atoms with Crippen LogP contribution in [0.3, 0.4) is 0 Å². The molecule has 9 heteroatoms. The molecule has 0 fully saturated rings. The molecule has 7 nitrogen and oxygen atoms in total. The van der Waals surface area contributed by atoms with Gasteiger partial charge in [0, 0.05) is 5.56 Å². The second-order valence-corrected chi connectivity index (χ2v) is 8.45. The van der Waals surface area contributed by atoms with E-state index in [1.54, 1.807) is 37.3 Å². The lowest BCUT2D eigenvalue weighted by atomic mass is 10.1. The summed E-state index contributed by atoms with van der Waals surface area (Å²) >= 11 is 0.786. The second-order valence-electron chi connectivity index (χ2n) is 5.61. The molecule has 0 aliphatic carbocycles. The van der Waals surface area contributed by atoms with E-state index in [0.29, 0.717) is 11.3 Å². The lowest BCUT2D eigenvalue weighted by Gasteiger charge is -2.07. The van der Waals surface area contributed by atoms with Gasteiger partial charge in [0.2, 0.25) is 5.13 Å². The van der Waals surface area contributed by atoms with Gasteiger partial charge in [-0.25, -0.2) is 0 Å². The van der Waals surface area contributed by atoms with Gasteiger partial charge in [-0.05, 0) is 37.6 Å². The summed E-state index contributed by atoms with van der Waals surface area (Å²) in [6, 6.07) is 14.0. The molecular weight excluding hydrogens is 372 g/mol. The zero-order chi connectivity index (χ0) is 18.7. The highest BCUT2D eigenvalue weighted by Gasteiger charge is 2.22. The number of carbonyl (C=O) groups is 1. The van der Waals surface area contributed by atoms with Crippen LogP contribution in [0.15, 0.2) is 52.9 Å². The number of anilines is 2. The second kappa shape index (κ2) is 7.22. The Labute approximate surface area is 155 Å². The zero-order valence-corrected chi connectivity index (χ0v) is 15.7. The van der Waals surface area contributed by atoms with E-state index < -0.39 is 10.0 Å². The topological polar surface area (TPSA) is 101 Å². The van der Waals surface area contributed by atoms with Crippen LogP contribution >= 0.6 is 11.3 Å². The van der Waals surface area contributed by atoms with Gasteiger partial charge in [-0.15, -0.1) is 10.2 Å².